The Morgan fingerprint density at radius 3 is 3.04 bits per heavy atom. The number of nitrogens with zero attached hydrogens (tertiary/aromatic N) is 3. The summed E-state index contributed by atoms with van der Waals surface area (Å²) >= 11 is 0. The predicted molar refractivity (Wildman–Crippen MR) is 95.2 cm³/mol. The molecule has 2 aliphatic rings. The monoisotopic (exact) mass is 322 g/mol. The van der Waals surface area contributed by atoms with Crippen LogP contribution in [0, 0.1) is 0 Å². The molecular formula is C19H22N4O. The van der Waals surface area contributed by atoms with E-state index in [2.05, 4.69) is 51.2 Å². The van der Waals surface area contributed by atoms with Crippen molar-refractivity contribution in [1.82, 2.24) is 19.9 Å². The zero-order valence-electron chi connectivity index (χ0n) is 13.7. The zero-order valence-corrected chi connectivity index (χ0v) is 13.7. The summed E-state index contributed by atoms with van der Waals surface area (Å²) in [5.74, 6) is 2.70. The molecule has 1 saturated carbocycles. The fourth-order valence-corrected chi connectivity index (χ4v) is 3.33. The number of benzene rings is 1. The number of hydrogen-bond acceptors (Lipinski definition) is 4. The van der Waals surface area contributed by atoms with Crippen LogP contribution in [-0.2, 0) is 6.54 Å². The highest BCUT2D eigenvalue weighted by Crippen LogP contribution is 2.39. The van der Waals surface area contributed by atoms with Gasteiger partial charge >= 0.3 is 0 Å². The minimum atomic E-state index is 0. The van der Waals surface area contributed by atoms with Crippen molar-refractivity contribution in [3.8, 4) is 16.9 Å². The van der Waals surface area contributed by atoms with Gasteiger partial charge in [-0.05, 0) is 43.7 Å². The smallest absolute Gasteiger partial charge is 0.177 e. The van der Waals surface area contributed by atoms with Gasteiger partial charge in [0.25, 0.3) is 0 Å². The van der Waals surface area contributed by atoms with Gasteiger partial charge in [0.05, 0.1) is 5.52 Å². The fourth-order valence-electron chi connectivity index (χ4n) is 3.33. The Morgan fingerprint density at radius 2 is 2.17 bits per heavy atom. The first-order chi connectivity index (χ1) is 11.8. The molecule has 0 bridgehead atoms. The molecule has 0 unspecified atom stereocenters. The van der Waals surface area contributed by atoms with Crippen LogP contribution in [-0.4, -0.2) is 40.1 Å². The molecule has 0 atom stereocenters. The number of aromatic amines is 1. The summed E-state index contributed by atoms with van der Waals surface area (Å²) in [6, 6.07) is 8.57. The second-order valence-electron chi connectivity index (χ2n) is 6.90. The molecule has 124 valence electrons. The van der Waals surface area contributed by atoms with E-state index >= 15 is 0 Å². The molecule has 5 rings (SSSR count). The van der Waals surface area contributed by atoms with Crippen LogP contribution in [0.2, 0.25) is 0 Å². The van der Waals surface area contributed by atoms with Crippen molar-refractivity contribution in [2.24, 2.45) is 0 Å². The lowest BCUT2D eigenvalue weighted by molar-refractivity contribution is 0.259. The van der Waals surface area contributed by atoms with Gasteiger partial charge in [0, 0.05) is 37.8 Å². The number of rotatable bonds is 2. The molecule has 1 fully saturated rings. The number of hydrogen-bond donors (Lipinski definition) is 1. The van der Waals surface area contributed by atoms with Crippen molar-refractivity contribution in [1.29, 1.82) is 0 Å². The molecule has 24 heavy (non-hydrogen) atoms. The number of fused-ring (bicyclic) bond motifs is 2. The van der Waals surface area contributed by atoms with Gasteiger partial charge in [0.1, 0.15) is 18.2 Å². The molecule has 0 radical (unpaired) electrons. The van der Waals surface area contributed by atoms with Crippen LogP contribution in [0.1, 0.15) is 31.6 Å². The maximum absolute atomic E-state index is 5.84. The molecule has 0 saturated heterocycles. The zero-order chi connectivity index (χ0) is 16.1. The first kappa shape index (κ1) is 14.0. The van der Waals surface area contributed by atoms with Gasteiger partial charge in [-0.3, -0.25) is 4.90 Å². The number of aromatic nitrogens is 3. The van der Waals surface area contributed by atoms with Gasteiger partial charge in [-0.15, -0.1) is 0 Å². The SMILES string of the molecule is CN1CCOc2ccc(-c3cnc4nc(C5CC5)[nH]c4c3)cc2C1.[HH]. The minimum Gasteiger partial charge on any atom is -0.492 e. The summed E-state index contributed by atoms with van der Waals surface area (Å²) in [5, 5.41) is 0. The van der Waals surface area contributed by atoms with E-state index in [0.29, 0.717) is 5.92 Å². The summed E-state index contributed by atoms with van der Waals surface area (Å²) in [6.45, 7) is 2.61. The standard InChI is InChI=1S/C19H20N4O.H2/c1-23-6-7-24-17-5-4-13(8-15(17)11-23)14-9-16-19(20-10-14)22-18(21-16)12-2-3-12;/h4-5,8-10,12H,2-3,6-7,11H2,1H3,(H,20,21,22);1H. The van der Waals surface area contributed by atoms with Crippen LogP contribution in [0.3, 0.4) is 0 Å². The molecule has 1 N–H and O–H groups in total. The number of likely N-dealkylation sites (N-methyl/N-ethyl adjacent to an activating group) is 1. The maximum atomic E-state index is 5.84. The van der Waals surface area contributed by atoms with Crippen LogP contribution in [0.5, 0.6) is 5.75 Å². The van der Waals surface area contributed by atoms with Gasteiger partial charge < -0.3 is 9.72 Å². The Bertz CT molecular complexity index is 919. The van der Waals surface area contributed by atoms with Crippen LogP contribution in [0.4, 0.5) is 0 Å². The van der Waals surface area contributed by atoms with Crippen molar-refractivity contribution in [3.63, 3.8) is 0 Å². The number of pyridine rings is 1. The second-order valence-corrected chi connectivity index (χ2v) is 6.90. The Kier molecular flexibility index (Phi) is 3.10. The summed E-state index contributed by atoms with van der Waals surface area (Å²) < 4.78 is 5.84. The average Bonchev–Trinajstić information content (AvgIpc) is 3.37. The van der Waals surface area contributed by atoms with Crippen molar-refractivity contribution < 1.29 is 6.16 Å². The molecule has 5 nitrogen and oxygen atoms in total. The Morgan fingerprint density at radius 1 is 1.25 bits per heavy atom. The van der Waals surface area contributed by atoms with Gasteiger partial charge in [-0.25, -0.2) is 9.97 Å². The van der Waals surface area contributed by atoms with Crippen LogP contribution >= 0.6 is 0 Å². The van der Waals surface area contributed by atoms with Crippen LogP contribution in [0.15, 0.2) is 30.5 Å². The molecule has 2 aromatic heterocycles. The molecular weight excluding hydrogens is 300 g/mol. The highest BCUT2D eigenvalue weighted by atomic mass is 16.5. The molecule has 1 aromatic carbocycles. The molecule has 0 spiro atoms. The van der Waals surface area contributed by atoms with E-state index in [1.807, 2.05) is 6.20 Å². The summed E-state index contributed by atoms with van der Waals surface area (Å²) in [7, 11) is 2.13. The third-order valence-electron chi connectivity index (χ3n) is 4.88. The largest absolute Gasteiger partial charge is 0.492 e. The third-order valence-corrected chi connectivity index (χ3v) is 4.88. The molecule has 3 aromatic rings. The lowest BCUT2D eigenvalue weighted by Gasteiger charge is -2.12. The molecule has 0 amide bonds. The average molecular weight is 322 g/mol. The van der Waals surface area contributed by atoms with Gasteiger partial charge in [0.15, 0.2) is 5.65 Å². The number of imidazole rings is 1. The summed E-state index contributed by atoms with van der Waals surface area (Å²) in [5.41, 5.74) is 5.36. The Labute approximate surface area is 142 Å². The van der Waals surface area contributed by atoms with Gasteiger partial charge in [0.2, 0.25) is 0 Å². The van der Waals surface area contributed by atoms with E-state index in [1.165, 1.54) is 24.0 Å². The molecule has 3 heterocycles. The van der Waals surface area contributed by atoms with E-state index in [4.69, 9.17) is 4.74 Å². The number of ether oxygens (including phenoxy) is 1. The predicted octanol–water partition coefficient (Wildman–Crippen LogP) is 3.57. The molecule has 1 aliphatic carbocycles. The summed E-state index contributed by atoms with van der Waals surface area (Å²) in [4.78, 5) is 14.9. The van der Waals surface area contributed by atoms with Crippen LogP contribution in [0.25, 0.3) is 22.3 Å². The van der Waals surface area contributed by atoms with Crippen LogP contribution < -0.4 is 4.74 Å². The van der Waals surface area contributed by atoms with Crippen molar-refractivity contribution in [2.45, 2.75) is 25.3 Å². The Balaban J connectivity index is 0.00000157. The van der Waals surface area contributed by atoms with Crippen molar-refractivity contribution in [3.05, 3.63) is 41.9 Å². The second kappa shape index (κ2) is 5.31. The summed E-state index contributed by atoms with van der Waals surface area (Å²) in [6.07, 6.45) is 4.40. The maximum Gasteiger partial charge on any atom is 0.177 e. The minimum absolute atomic E-state index is 0. The lowest BCUT2D eigenvalue weighted by Crippen LogP contribution is -2.20. The first-order valence-corrected chi connectivity index (χ1v) is 8.56. The van der Waals surface area contributed by atoms with Crippen molar-refractivity contribution >= 4 is 11.2 Å². The normalized spacial score (nSPS) is 18.2. The number of H-pyrrole nitrogens is 1. The van der Waals surface area contributed by atoms with E-state index in [9.17, 15) is 0 Å². The van der Waals surface area contributed by atoms with Gasteiger partial charge in [-0.1, -0.05) is 6.07 Å². The van der Waals surface area contributed by atoms with Gasteiger partial charge in [-0.2, -0.15) is 0 Å². The highest BCUT2D eigenvalue weighted by Gasteiger charge is 2.27. The molecule has 5 heteroatoms. The topological polar surface area (TPSA) is 54.0 Å². The highest BCUT2D eigenvalue weighted by molar-refractivity contribution is 5.78. The van der Waals surface area contributed by atoms with E-state index in [0.717, 1.165) is 48.0 Å². The fraction of sp³-hybridized carbons (Fsp3) is 0.368. The quantitative estimate of drug-likeness (QED) is 0.783. The lowest BCUT2D eigenvalue weighted by atomic mass is 10.0. The third kappa shape index (κ3) is 2.45. The van der Waals surface area contributed by atoms with E-state index in [-0.39, 0.29) is 1.43 Å². The first-order valence-electron chi connectivity index (χ1n) is 8.56. The van der Waals surface area contributed by atoms with E-state index in [1.54, 1.807) is 0 Å². The van der Waals surface area contributed by atoms with E-state index < -0.39 is 0 Å². The number of nitrogens with one attached hydrogen (secondary N) is 1. The van der Waals surface area contributed by atoms with Crippen molar-refractivity contribution in [2.75, 3.05) is 20.2 Å². The molecule has 1 aliphatic heterocycles. The Hall–Kier alpha value is -2.40.